The monoisotopic (exact) mass is 571 g/mol. The van der Waals surface area contributed by atoms with Gasteiger partial charge in [0.2, 0.25) is 11.8 Å². The van der Waals surface area contributed by atoms with Crippen LogP contribution >= 0.6 is 11.6 Å². The summed E-state index contributed by atoms with van der Waals surface area (Å²) in [7, 11) is 1.66. The Morgan fingerprint density at radius 2 is 1.68 bits per heavy atom. The predicted molar refractivity (Wildman–Crippen MR) is 151 cm³/mol. The number of carbonyl (C=O) groups excluding carboxylic acids is 3. The van der Waals surface area contributed by atoms with Crippen molar-refractivity contribution in [2.45, 2.75) is 76.6 Å². The molecule has 3 rings (SSSR count). The van der Waals surface area contributed by atoms with Gasteiger partial charge in [-0.3, -0.25) is 9.59 Å². The van der Waals surface area contributed by atoms with E-state index >= 15 is 0 Å². The Morgan fingerprint density at radius 1 is 0.975 bits per heavy atom. The number of rotatable bonds is 13. The number of alkyl carbamates (subject to hydrolysis) is 1. The standard InChI is InChI=1S/C30H38ClN3O6/c1-34(19-22-11-6-3-7-12-22)27(35)16-15-25(29(37)38)32-28(36)26(18-21-9-4-2-5-10-21)33-30(39)40-20-23-13-8-14-24(31)17-23/h3,6-8,11-14,17,21,25-26H,2,4-5,9-10,15-16,18-20H2,1H3,(H,32,36)(H,33,39)(H,37,38)/t25-,26-/m0/s1. The molecule has 0 saturated heterocycles. The second-order valence-electron chi connectivity index (χ2n) is 10.3. The number of benzene rings is 2. The third kappa shape index (κ3) is 10.5. The maximum absolute atomic E-state index is 13.2. The smallest absolute Gasteiger partial charge is 0.408 e. The third-order valence-corrected chi connectivity index (χ3v) is 7.35. The molecule has 1 aliphatic carbocycles. The average molecular weight is 572 g/mol. The van der Waals surface area contributed by atoms with E-state index in [0.717, 1.165) is 37.7 Å². The highest BCUT2D eigenvalue weighted by Gasteiger charge is 2.30. The molecule has 2 aromatic carbocycles. The fourth-order valence-electron chi connectivity index (χ4n) is 4.88. The third-order valence-electron chi connectivity index (χ3n) is 7.11. The minimum absolute atomic E-state index is 0.0273. The van der Waals surface area contributed by atoms with Crippen LogP contribution in [0.2, 0.25) is 5.02 Å². The fraction of sp³-hybridized carbons (Fsp3) is 0.467. The number of aliphatic carboxylic acids is 1. The van der Waals surface area contributed by atoms with Crippen LogP contribution in [-0.4, -0.2) is 53.0 Å². The quantitative estimate of drug-likeness (QED) is 0.314. The van der Waals surface area contributed by atoms with Crippen molar-refractivity contribution in [3.05, 3.63) is 70.7 Å². The van der Waals surface area contributed by atoms with Crippen LogP contribution in [0.4, 0.5) is 4.79 Å². The molecule has 9 nitrogen and oxygen atoms in total. The molecule has 1 saturated carbocycles. The van der Waals surface area contributed by atoms with Crippen molar-refractivity contribution in [3.63, 3.8) is 0 Å². The first-order valence-corrected chi connectivity index (χ1v) is 14.1. The Hall–Kier alpha value is -3.59. The Bertz CT molecular complexity index is 1140. The molecule has 10 heteroatoms. The van der Waals surface area contributed by atoms with Crippen LogP contribution in [0.15, 0.2) is 54.6 Å². The lowest BCUT2D eigenvalue weighted by Crippen LogP contribution is -2.52. The van der Waals surface area contributed by atoms with Gasteiger partial charge in [0.05, 0.1) is 0 Å². The number of halogens is 1. The van der Waals surface area contributed by atoms with Crippen molar-refractivity contribution in [2.75, 3.05) is 7.05 Å². The molecule has 3 amide bonds. The topological polar surface area (TPSA) is 125 Å². The summed E-state index contributed by atoms with van der Waals surface area (Å²) < 4.78 is 5.30. The summed E-state index contributed by atoms with van der Waals surface area (Å²) in [5.41, 5.74) is 1.66. The van der Waals surface area contributed by atoms with E-state index in [1.54, 1.807) is 31.3 Å². The molecule has 40 heavy (non-hydrogen) atoms. The number of ether oxygens (including phenoxy) is 1. The lowest BCUT2D eigenvalue weighted by Gasteiger charge is -2.27. The molecule has 0 radical (unpaired) electrons. The van der Waals surface area contributed by atoms with E-state index in [-0.39, 0.29) is 31.3 Å². The molecular formula is C30H38ClN3O6. The van der Waals surface area contributed by atoms with Gasteiger partial charge < -0.3 is 25.4 Å². The highest BCUT2D eigenvalue weighted by Crippen LogP contribution is 2.27. The molecule has 216 valence electrons. The van der Waals surface area contributed by atoms with E-state index in [1.807, 2.05) is 30.3 Å². The van der Waals surface area contributed by atoms with Crippen LogP contribution in [0.1, 0.15) is 62.5 Å². The summed E-state index contributed by atoms with van der Waals surface area (Å²) in [6.07, 6.45) is 4.59. The van der Waals surface area contributed by atoms with Gasteiger partial charge in [-0.25, -0.2) is 9.59 Å². The minimum Gasteiger partial charge on any atom is -0.480 e. The van der Waals surface area contributed by atoms with Gasteiger partial charge in [0, 0.05) is 25.0 Å². The van der Waals surface area contributed by atoms with E-state index in [2.05, 4.69) is 10.6 Å². The highest BCUT2D eigenvalue weighted by molar-refractivity contribution is 6.30. The molecule has 0 aromatic heterocycles. The second kappa shape index (κ2) is 15.9. The Labute approximate surface area is 240 Å². The first-order valence-electron chi connectivity index (χ1n) is 13.7. The fourth-order valence-corrected chi connectivity index (χ4v) is 5.09. The molecule has 1 fully saturated rings. The largest absolute Gasteiger partial charge is 0.480 e. The van der Waals surface area contributed by atoms with Crippen molar-refractivity contribution in [3.8, 4) is 0 Å². The number of nitrogens with zero attached hydrogens (tertiary/aromatic N) is 1. The first-order chi connectivity index (χ1) is 19.2. The van der Waals surface area contributed by atoms with Crippen LogP contribution in [0, 0.1) is 5.92 Å². The van der Waals surface area contributed by atoms with E-state index in [0.29, 0.717) is 23.6 Å². The SMILES string of the molecule is CN(Cc1ccccc1)C(=O)CC[C@H](NC(=O)[C@H](CC1CCCCC1)NC(=O)OCc1cccc(Cl)c1)C(=O)O. The number of amides is 3. The second-order valence-corrected chi connectivity index (χ2v) is 10.8. The Balaban J connectivity index is 1.58. The van der Waals surface area contributed by atoms with Gasteiger partial charge in [-0.05, 0) is 42.0 Å². The van der Waals surface area contributed by atoms with Crippen molar-refractivity contribution in [2.24, 2.45) is 5.92 Å². The van der Waals surface area contributed by atoms with Gasteiger partial charge >= 0.3 is 12.1 Å². The summed E-state index contributed by atoms with van der Waals surface area (Å²) in [6.45, 7) is 0.370. The van der Waals surface area contributed by atoms with Crippen LogP contribution in [-0.2, 0) is 32.3 Å². The van der Waals surface area contributed by atoms with Crippen LogP contribution < -0.4 is 10.6 Å². The summed E-state index contributed by atoms with van der Waals surface area (Å²) in [5, 5.41) is 15.4. The normalized spacial score (nSPS) is 14.9. The van der Waals surface area contributed by atoms with Crippen LogP contribution in [0.5, 0.6) is 0 Å². The summed E-state index contributed by atoms with van der Waals surface area (Å²) >= 11 is 5.99. The number of carboxylic acids is 1. The van der Waals surface area contributed by atoms with Gasteiger partial charge in [-0.15, -0.1) is 0 Å². The number of hydrogen-bond acceptors (Lipinski definition) is 5. The number of carbonyl (C=O) groups is 4. The Kier molecular flexibility index (Phi) is 12.3. The van der Waals surface area contributed by atoms with Crippen molar-refractivity contribution >= 4 is 35.5 Å². The average Bonchev–Trinajstić information content (AvgIpc) is 2.94. The van der Waals surface area contributed by atoms with Gasteiger partial charge in [-0.1, -0.05) is 86.2 Å². The molecule has 0 unspecified atom stereocenters. The molecule has 2 atom stereocenters. The first kappa shape index (κ1) is 30.9. The van der Waals surface area contributed by atoms with Gasteiger partial charge in [0.15, 0.2) is 0 Å². The van der Waals surface area contributed by atoms with E-state index in [9.17, 15) is 24.3 Å². The molecule has 1 aliphatic rings. The molecule has 0 heterocycles. The zero-order valence-electron chi connectivity index (χ0n) is 22.8. The van der Waals surface area contributed by atoms with E-state index in [4.69, 9.17) is 16.3 Å². The van der Waals surface area contributed by atoms with E-state index < -0.39 is 30.1 Å². The maximum atomic E-state index is 13.2. The van der Waals surface area contributed by atoms with Gasteiger partial charge in [-0.2, -0.15) is 0 Å². The maximum Gasteiger partial charge on any atom is 0.408 e. The van der Waals surface area contributed by atoms with Crippen molar-refractivity contribution in [1.82, 2.24) is 15.5 Å². The lowest BCUT2D eigenvalue weighted by atomic mass is 9.84. The van der Waals surface area contributed by atoms with Crippen LogP contribution in [0.25, 0.3) is 0 Å². The minimum atomic E-state index is -1.28. The summed E-state index contributed by atoms with van der Waals surface area (Å²) in [4.78, 5) is 52.0. The van der Waals surface area contributed by atoms with Gasteiger partial charge in [0.1, 0.15) is 18.7 Å². The molecule has 0 aliphatic heterocycles. The lowest BCUT2D eigenvalue weighted by molar-refractivity contribution is -0.142. The number of nitrogens with one attached hydrogen (secondary N) is 2. The zero-order valence-corrected chi connectivity index (χ0v) is 23.6. The summed E-state index contributed by atoms with van der Waals surface area (Å²) in [5.74, 6) is -1.85. The number of hydrogen-bond donors (Lipinski definition) is 3. The molecular weight excluding hydrogens is 534 g/mol. The van der Waals surface area contributed by atoms with Crippen LogP contribution in [0.3, 0.4) is 0 Å². The Morgan fingerprint density at radius 3 is 2.35 bits per heavy atom. The summed E-state index contributed by atoms with van der Waals surface area (Å²) in [6, 6.07) is 14.1. The molecule has 0 bridgehead atoms. The van der Waals surface area contributed by atoms with Crippen molar-refractivity contribution < 1.29 is 29.0 Å². The highest BCUT2D eigenvalue weighted by atomic mass is 35.5. The zero-order chi connectivity index (χ0) is 28.9. The number of carboxylic acid groups (broad SMARTS) is 1. The van der Waals surface area contributed by atoms with E-state index in [1.165, 1.54) is 4.90 Å². The molecule has 3 N–H and O–H groups in total. The molecule has 0 spiro atoms. The van der Waals surface area contributed by atoms with Gasteiger partial charge in [0.25, 0.3) is 0 Å². The predicted octanol–water partition coefficient (Wildman–Crippen LogP) is 4.91. The van der Waals surface area contributed by atoms with Crippen molar-refractivity contribution in [1.29, 1.82) is 0 Å². The molecule has 2 aromatic rings.